The number of nitrogens with zero attached hydrogens (tertiary/aromatic N) is 8. The Morgan fingerprint density at radius 3 is 2.62 bits per heavy atom. The Hall–Kier alpha value is -7.13. The van der Waals surface area contributed by atoms with Crippen molar-refractivity contribution in [2.24, 2.45) is 12.8 Å². The van der Waals surface area contributed by atoms with Crippen LogP contribution in [0.25, 0.3) is 44.3 Å². The summed E-state index contributed by atoms with van der Waals surface area (Å²) in [5, 5.41) is 17.9. The largest absolute Gasteiger partial charge is 0.463 e. The summed E-state index contributed by atoms with van der Waals surface area (Å²) in [6.07, 6.45) is 7.25. The molecule has 0 aliphatic heterocycles. The number of nitrogens with two attached hydrogens (primary N) is 2. The number of esters is 1. The van der Waals surface area contributed by atoms with Crippen molar-refractivity contribution in [1.29, 1.82) is 0 Å². The number of carbonyl (C=O) groups excluding carboxylic acids is 2. The molecular weight excluding hydrogens is 699 g/mol. The van der Waals surface area contributed by atoms with E-state index in [0.717, 1.165) is 16.5 Å². The number of aromatic nitrogens is 8. The number of rotatable bonds is 11. The summed E-state index contributed by atoms with van der Waals surface area (Å²) in [4.78, 5) is 45.3. The Morgan fingerprint density at radius 2 is 1.78 bits per heavy atom. The molecule has 5 N–H and O–H groups in total. The van der Waals surface area contributed by atoms with Crippen LogP contribution in [0.4, 0.5) is 5.82 Å². The topological polar surface area (TPSA) is 195 Å². The van der Waals surface area contributed by atoms with E-state index in [9.17, 15) is 14.4 Å². The van der Waals surface area contributed by atoms with Gasteiger partial charge in [-0.25, -0.2) is 14.2 Å². The van der Waals surface area contributed by atoms with Crippen LogP contribution in [0, 0.1) is 0 Å². The lowest BCUT2D eigenvalue weighted by Gasteiger charge is -2.21. The van der Waals surface area contributed by atoms with E-state index >= 15 is 0 Å². The third kappa shape index (κ3) is 6.57. The second kappa shape index (κ2) is 14.4. The lowest BCUT2D eigenvalue weighted by atomic mass is 10.0. The van der Waals surface area contributed by atoms with Crippen LogP contribution in [0.1, 0.15) is 34.6 Å². The van der Waals surface area contributed by atoms with Crippen molar-refractivity contribution < 1.29 is 14.3 Å². The molecule has 5 aromatic heterocycles. The number of anilines is 1. The third-order valence-electron chi connectivity index (χ3n) is 9.63. The first kappa shape index (κ1) is 34.9. The summed E-state index contributed by atoms with van der Waals surface area (Å²) in [6, 6.07) is 24.7. The number of pyridine rings is 1. The van der Waals surface area contributed by atoms with Crippen molar-refractivity contribution in [2.45, 2.75) is 32.0 Å². The fourth-order valence-electron chi connectivity index (χ4n) is 7.01. The van der Waals surface area contributed by atoms with Crippen LogP contribution in [0.5, 0.6) is 0 Å². The molecule has 3 aromatic carbocycles. The Morgan fingerprint density at radius 1 is 0.982 bits per heavy atom. The predicted octanol–water partition coefficient (Wildman–Crippen LogP) is 3.97. The van der Waals surface area contributed by atoms with Gasteiger partial charge in [-0.15, -0.1) is 10.2 Å². The van der Waals surface area contributed by atoms with Crippen LogP contribution in [0.2, 0.25) is 0 Å². The standard InChI is InChI=1S/C40H37N11O4/c1-24(44-38(52)35-36(42)46-50-17-9-16-43-37(35)50)33-21-25-10-8-14-29(34(25)39(53)51(33)27-11-4-3-5-12-27)31-23-49(47-45-31)18-19-55-40(54)30(41)20-26-22-48(2)32-15-7-6-13-28(26)32/h3-17,21-24,30H,18-20,41H2,1-2H3,(H2,42,46)(H,44,52)/t24-,30-/m1/s1. The van der Waals surface area contributed by atoms with Gasteiger partial charge in [0.1, 0.15) is 23.9 Å². The molecule has 55 heavy (non-hydrogen) atoms. The molecular formula is C40H37N11O4. The van der Waals surface area contributed by atoms with Crippen molar-refractivity contribution in [3.63, 3.8) is 0 Å². The van der Waals surface area contributed by atoms with E-state index < -0.39 is 24.0 Å². The van der Waals surface area contributed by atoms with Crippen molar-refractivity contribution in [2.75, 3.05) is 12.3 Å². The van der Waals surface area contributed by atoms with Gasteiger partial charge in [-0.05, 0) is 48.2 Å². The first-order valence-corrected chi connectivity index (χ1v) is 17.7. The summed E-state index contributed by atoms with van der Waals surface area (Å²) in [6.45, 7) is 2.06. The van der Waals surface area contributed by atoms with Crippen LogP contribution in [-0.2, 0) is 29.5 Å². The summed E-state index contributed by atoms with van der Waals surface area (Å²) in [5.74, 6) is -0.948. The van der Waals surface area contributed by atoms with Crippen LogP contribution in [-0.4, -0.2) is 63.3 Å². The van der Waals surface area contributed by atoms with Crippen LogP contribution >= 0.6 is 0 Å². The van der Waals surface area contributed by atoms with Crippen LogP contribution in [0.15, 0.2) is 115 Å². The number of hydrogen-bond acceptors (Lipinski definition) is 10. The molecule has 0 radical (unpaired) electrons. The summed E-state index contributed by atoms with van der Waals surface area (Å²) in [7, 11) is 1.96. The number of para-hydroxylation sites is 2. The number of ether oxygens (including phenoxy) is 1. The Bertz CT molecular complexity index is 2780. The Labute approximate surface area is 313 Å². The average Bonchev–Trinajstić information content (AvgIpc) is 3.89. The highest BCUT2D eigenvalue weighted by Gasteiger charge is 2.25. The highest BCUT2D eigenvalue weighted by molar-refractivity contribution is 6.04. The Kier molecular flexibility index (Phi) is 9.12. The zero-order valence-corrected chi connectivity index (χ0v) is 30.0. The molecule has 0 saturated carbocycles. The van der Waals surface area contributed by atoms with Crippen molar-refractivity contribution in [1.82, 2.24) is 44.0 Å². The van der Waals surface area contributed by atoms with E-state index in [4.69, 9.17) is 16.2 Å². The summed E-state index contributed by atoms with van der Waals surface area (Å²) >= 11 is 0. The van der Waals surface area contributed by atoms with Gasteiger partial charge in [0.05, 0.1) is 24.2 Å². The van der Waals surface area contributed by atoms with E-state index in [1.54, 1.807) is 40.8 Å². The van der Waals surface area contributed by atoms with Crippen LogP contribution < -0.4 is 22.3 Å². The van der Waals surface area contributed by atoms with E-state index in [2.05, 4.69) is 25.7 Å². The number of fused-ring (bicyclic) bond motifs is 3. The molecule has 1 amide bonds. The predicted molar refractivity (Wildman–Crippen MR) is 207 cm³/mol. The highest BCUT2D eigenvalue weighted by atomic mass is 16.5. The van der Waals surface area contributed by atoms with Crippen LogP contribution in [0.3, 0.4) is 0 Å². The van der Waals surface area contributed by atoms with E-state index in [1.807, 2.05) is 96.7 Å². The summed E-state index contributed by atoms with van der Waals surface area (Å²) in [5.41, 5.74) is 16.8. The minimum Gasteiger partial charge on any atom is -0.463 e. The molecule has 0 spiro atoms. The molecule has 8 rings (SSSR count). The third-order valence-corrected chi connectivity index (χ3v) is 9.63. The van der Waals surface area contributed by atoms with Crippen molar-refractivity contribution >= 4 is 45.0 Å². The number of benzene rings is 3. The average molecular weight is 736 g/mol. The number of aryl methyl sites for hydroxylation is 1. The van der Waals surface area contributed by atoms with Gasteiger partial charge >= 0.3 is 5.97 Å². The number of carbonyl (C=O) groups is 2. The van der Waals surface area contributed by atoms with Gasteiger partial charge in [-0.1, -0.05) is 59.8 Å². The molecule has 0 fully saturated rings. The first-order valence-electron chi connectivity index (χ1n) is 17.7. The SMILES string of the molecule is C[C@@H](NC(=O)c1c(N)nn2cccnc12)c1cc2cccc(-c3cn(CCOC(=O)[C@H](N)Cc4cn(C)c5ccccc45)nn3)c2c(=O)n1-c1ccccc1. The van der Waals surface area contributed by atoms with Gasteiger partial charge in [0.15, 0.2) is 11.5 Å². The molecule has 0 aliphatic rings. The zero-order chi connectivity index (χ0) is 38.2. The number of nitrogen functional groups attached to an aromatic ring is 1. The molecule has 276 valence electrons. The minimum absolute atomic E-state index is 0.0329. The zero-order valence-electron chi connectivity index (χ0n) is 30.0. The van der Waals surface area contributed by atoms with E-state index in [-0.39, 0.29) is 30.1 Å². The molecule has 0 bridgehead atoms. The fourth-order valence-corrected chi connectivity index (χ4v) is 7.01. The smallest absolute Gasteiger partial charge is 0.323 e. The Balaban J connectivity index is 1.03. The van der Waals surface area contributed by atoms with Gasteiger partial charge in [0.25, 0.3) is 11.5 Å². The van der Waals surface area contributed by atoms with Gasteiger partial charge < -0.3 is 26.1 Å². The lowest BCUT2D eigenvalue weighted by Crippen LogP contribution is -2.35. The number of nitrogens with one attached hydrogen (secondary N) is 1. The quantitative estimate of drug-likeness (QED) is 0.164. The molecule has 8 aromatic rings. The lowest BCUT2D eigenvalue weighted by molar-refractivity contribution is -0.145. The molecule has 0 unspecified atom stereocenters. The highest BCUT2D eigenvalue weighted by Crippen LogP contribution is 2.29. The van der Waals surface area contributed by atoms with Gasteiger partial charge in [-0.3, -0.25) is 19.0 Å². The second-order valence-electron chi connectivity index (χ2n) is 13.3. The fraction of sp³-hybridized carbons (Fsp3) is 0.175. The number of amides is 1. The monoisotopic (exact) mass is 735 g/mol. The van der Waals surface area contributed by atoms with Crippen molar-refractivity contribution in [3.8, 4) is 16.9 Å². The molecule has 0 aliphatic carbocycles. The normalized spacial score (nSPS) is 12.6. The molecule has 2 atom stereocenters. The van der Waals surface area contributed by atoms with E-state index in [1.165, 1.54) is 4.52 Å². The molecule has 15 nitrogen and oxygen atoms in total. The van der Waals surface area contributed by atoms with Gasteiger partial charge in [0, 0.05) is 59.9 Å². The maximum Gasteiger partial charge on any atom is 0.323 e. The van der Waals surface area contributed by atoms with Crippen molar-refractivity contribution in [3.05, 3.63) is 137 Å². The minimum atomic E-state index is -0.832. The molecule has 0 saturated heterocycles. The first-order chi connectivity index (χ1) is 26.7. The summed E-state index contributed by atoms with van der Waals surface area (Å²) < 4.78 is 12.1. The molecule has 5 heterocycles. The maximum atomic E-state index is 14.6. The molecule has 15 heteroatoms. The van der Waals surface area contributed by atoms with Gasteiger partial charge in [-0.2, -0.15) is 0 Å². The number of hydrogen-bond donors (Lipinski definition) is 3. The maximum absolute atomic E-state index is 14.6. The van der Waals surface area contributed by atoms with E-state index in [0.29, 0.717) is 45.5 Å². The second-order valence-corrected chi connectivity index (χ2v) is 13.3. The van der Waals surface area contributed by atoms with Gasteiger partial charge in [0.2, 0.25) is 0 Å².